The largest absolute Gasteiger partial charge is 0.237 e. The van der Waals surface area contributed by atoms with Crippen LogP contribution in [0.3, 0.4) is 0 Å². The maximum absolute atomic E-state index is 10.1. The second-order valence-electron chi connectivity index (χ2n) is 3.17. The molecule has 0 aliphatic rings. The molecule has 0 aromatic heterocycles. The van der Waals surface area contributed by atoms with E-state index in [1.807, 2.05) is 0 Å². The van der Waals surface area contributed by atoms with Crippen molar-refractivity contribution in [2.24, 2.45) is 0 Å². The summed E-state index contributed by atoms with van der Waals surface area (Å²) in [4.78, 5) is 0. The lowest BCUT2D eigenvalue weighted by Crippen LogP contribution is -1.78. The fourth-order valence-electron chi connectivity index (χ4n) is 1.11. The van der Waals surface area contributed by atoms with Crippen LogP contribution in [0, 0.1) is 0 Å². The van der Waals surface area contributed by atoms with Crippen LogP contribution in [0.25, 0.3) is 0 Å². The maximum atomic E-state index is 10.1. The smallest absolute Gasteiger partial charge is 0.0822 e. The normalized spacial score (nSPS) is 11.2. The van der Waals surface area contributed by atoms with Crippen molar-refractivity contribution in [3.05, 3.63) is 12.2 Å². The van der Waals surface area contributed by atoms with Gasteiger partial charge in [-0.3, -0.25) is 0 Å². The van der Waals surface area contributed by atoms with E-state index < -0.39 is 0 Å². The average molecular weight is 169 g/mol. The van der Waals surface area contributed by atoms with Crippen LogP contribution in [0.1, 0.15) is 51.9 Å². The number of hydrogen-bond donors (Lipinski definition) is 0. The lowest BCUT2D eigenvalue weighted by atomic mass is 10.2. The number of hydrogen-bond acceptors (Lipinski definition) is 0. The van der Waals surface area contributed by atoms with E-state index in [1.165, 1.54) is 25.7 Å². The van der Waals surface area contributed by atoms with Gasteiger partial charge in [-0.1, -0.05) is 31.9 Å². The van der Waals surface area contributed by atoms with Crippen LogP contribution in [-0.2, 0) is 5.11 Å². The highest BCUT2D eigenvalue weighted by Gasteiger charge is 1.84. The summed E-state index contributed by atoms with van der Waals surface area (Å²) in [7, 11) is 0. The van der Waals surface area contributed by atoms with Gasteiger partial charge in [-0.15, -0.1) is 0 Å². The summed E-state index contributed by atoms with van der Waals surface area (Å²) in [5.41, 5.74) is 0. The van der Waals surface area contributed by atoms with Gasteiger partial charge in [-0.05, 0) is 32.1 Å². The Morgan fingerprint density at radius 2 is 1.50 bits per heavy atom. The third-order valence-electron chi connectivity index (χ3n) is 1.91. The molecular formula is C11H21O. The monoisotopic (exact) mass is 169 g/mol. The Balaban J connectivity index is 2.93. The van der Waals surface area contributed by atoms with Gasteiger partial charge in [0.05, 0.1) is 6.61 Å². The van der Waals surface area contributed by atoms with E-state index in [9.17, 15) is 5.11 Å². The molecule has 0 atom stereocenters. The molecule has 1 nitrogen and oxygen atoms in total. The molecule has 0 aliphatic carbocycles. The fraction of sp³-hybridized carbons (Fsp3) is 0.818. The Morgan fingerprint density at radius 1 is 0.917 bits per heavy atom. The molecule has 1 radical (unpaired) electrons. The van der Waals surface area contributed by atoms with E-state index in [0.717, 1.165) is 19.3 Å². The number of allylic oxidation sites excluding steroid dienone is 2. The molecule has 0 aliphatic heterocycles. The molecule has 12 heavy (non-hydrogen) atoms. The van der Waals surface area contributed by atoms with E-state index in [2.05, 4.69) is 19.1 Å². The summed E-state index contributed by atoms with van der Waals surface area (Å²) in [5.74, 6) is 0. The molecule has 0 unspecified atom stereocenters. The van der Waals surface area contributed by atoms with Crippen molar-refractivity contribution in [3.63, 3.8) is 0 Å². The summed E-state index contributed by atoms with van der Waals surface area (Å²) in [6.07, 6.45) is 12.6. The molecule has 0 spiro atoms. The first-order valence-corrected chi connectivity index (χ1v) is 5.15. The minimum absolute atomic E-state index is 0.0870. The van der Waals surface area contributed by atoms with Gasteiger partial charge in [-0.25, -0.2) is 5.11 Å². The highest BCUT2D eigenvalue weighted by atomic mass is 16.2. The van der Waals surface area contributed by atoms with Crippen LogP contribution in [0.2, 0.25) is 0 Å². The lowest BCUT2D eigenvalue weighted by molar-refractivity contribution is 0.187. The Morgan fingerprint density at radius 3 is 2.00 bits per heavy atom. The first-order chi connectivity index (χ1) is 5.91. The van der Waals surface area contributed by atoms with Crippen molar-refractivity contribution in [2.75, 3.05) is 6.61 Å². The molecule has 1 heteroatoms. The fourth-order valence-corrected chi connectivity index (χ4v) is 1.11. The molecule has 71 valence electrons. The second kappa shape index (κ2) is 10.7. The number of rotatable bonds is 8. The molecule has 0 saturated heterocycles. The van der Waals surface area contributed by atoms with Crippen LogP contribution in [-0.4, -0.2) is 6.61 Å². The molecule has 0 saturated carbocycles. The van der Waals surface area contributed by atoms with Gasteiger partial charge in [0.1, 0.15) is 0 Å². The summed E-state index contributed by atoms with van der Waals surface area (Å²) in [6, 6.07) is 0. The minimum Gasteiger partial charge on any atom is -0.237 e. The van der Waals surface area contributed by atoms with Gasteiger partial charge in [0, 0.05) is 0 Å². The van der Waals surface area contributed by atoms with Crippen LogP contribution in [0.5, 0.6) is 0 Å². The summed E-state index contributed by atoms with van der Waals surface area (Å²) < 4.78 is 0. The molecule has 0 aromatic rings. The topological polar surface area (TPSA) is 19.9 Å². The van der Waals surface area contributed by atoms with Crippen LogP contribution < -0.4 is 0 Å². The first kappa shape index (κ1) is 11.7. The van der Waals surface area contributed by atoms with Gasteiger partial charge in [0.15, 0.2) is 0 Å². The van der Waals surface area contributed by atoms with Gasteiger partial charge in [-0.2, -0.15) is 0 Å². The van der Waals surface area contributed by atoms with Gasteiger partial charge in [0.2, 0.25) is 0 Å². The molecular weight excluding hydrogens is 148 g/mol. The third-order valence-corrected chi connectivity index (χ3v) is 1.91. The Kier molecular flexibility index (Phi) is 10.4. The average Bonchev–Trinajstić information content (AvgIpc) is 2.10. The summed E-state index contributed by atoms with van der Waals surface area (Å²) in [6.45, 7) is 2.31. The molecule has 0 amide bonds. The van der Waals surface area contributed by atoms with Gasteiger partial charge in [0.25, 0.3) is 0 Å². The van der Waals surface area contributed by atoms with E-state index in [1.54, 1.807) is 0 Å². The quantitative estimate of drug-likeness (QED) is 0.390. The zero-order chi connectivity index (χ0) is 9.07. The zero-order valence-corrected chi connectivity index (χ0v) is 8.22. The Labute approximate surface area is 76.5 Å². The Hall–Kier alpha value is -0.300. The third kappa shape index (κ3) is 9.70. The van der Waals surface area contributed by atoms with Crippen molar-refractivity contribution < 1.29 is 5.11 Å². The van der Waals surface area contributed by atoms with Crippen molar-refractivity contribution in [2.45, 2.75) is 51.9 Å². The van der Waals surface area contributed by atoms with Crippen LogP contribution in [0.15, 0.2) is 12.2 Å². The predicted octanol–water partition coefficient (Wildman–Crippen LogP) is 3.72. The van der Waals surface area contributed by atoms with E-state index in [-0.39, 0.29) is 6.61 Å². The van der Waals surface area contributed by atoms with Crippen LogP contribution in [0.4, 0.5) is 0 Å². The molecule has 0 N–H and O–H groups in total. The standard InChI is InChI=1S/C11H21O/c1-2-3-4-5-6-7-8-9-10-11-12/h6-7H,2-5,8-11H2,1H3. The highest BCUT2D eigenvalue weighted by molar-refractivity contribution is 4.81. The molecule has 0 aromatic carbocycles. The van der Waals surface area contributed by atoms with Crippen molar-refractivity contribution in [1.29, 1.82) is 0 Å². The predicted molar refractivity (Wildman–Crippen MR) is 52.7 cm³/mol. The number of unbranched alkanes of at least 4 members (excludes halogenated alkanes) is 5. The van der Waals surface area contributed by atoms with E-state index in [0.29, 0.717) is 0 Å². The van der Waals surface area contributed by atoms with Crippen LogP contribution >= 0.6 is 0 Å². The second-order valence-corrected chi connectivity index (χ2v) is 3.17. The first-order valence-electron chi connectivity index (χ1n) is 5.15. The molecule has 0 heterocycles. The SMILES string of the molecule is CCCCCC=CCCCC[O]. The molecule has 0 fully saturated rings. The maximum Gasteiger partial charge on any atom is 0.0822 e. The van der Waals surface area contributed by atoms with Crippen molar-refractivity contribution in [1.82, 2.24) is 0 Å². The van der Waals surface area contributed by atoms with Crippen molar-refractivity contribution >= 4 is 0 Å². The summed E-state index contributed by atoms with van der Waals surface area (Å²) >= 11 is 0. The summed E-state index contributed by atoms with van der Waals surface area (Å²) in [5, 5.41) is 10.1. The van der Waals surface area contributed by atoms with Gasteiger partial charge >= 0.3 is 0 Å². The lowest BCUT2D eigenvalue weighted by Gasteiger charge is -1.92. The Bertz CT molecular complexity index is 85.2. The highest BCUT2D eigenvalue weighted by Crippen LogP contribution is 2.01. The van der Waals surface area contributed by atoms with E-state index in [4.69, 9.17) is 0 Å². The zero-order valence-electron chi connectivity index (χ0n) is 8.22. The molecule has 0 rings (SSSR count). The van der Waals surface area contributed by atoms with Crippen molar-refractivity contribution in [3.8, 4) is 0 Å². The van der Waals surface area contributed by atoms with E-state index >= 15 is 0 Å². The minimum atomic E-state index is 0.0870. The molecule has 0 bridgehead atoms. The van der Waals surface area contributed by atoms with Gasteiger partial charge < -0.3 is 0 Å².